The van der Waals surface area contributed by atoms with Crippen molar-refractivity contribution in [3.05, 3.63) is 119 Å². The molecule has 0 saturated carbocycles. The number of hydrogen-bond acceptors (Lipinski definition) is 2. The number of carbonyl (C=O) groups excluding carboxylic acids is 2. The molecule has 5 rings (SSSR count). The fourth-order valence-corrected chi connectivity index (χ4v) is 5.52. The Morgan fingerprint density at radius 2 is 1.48 bits per heavy atom. The van der Waals surface area contributed by atoms with E-state index in [1.165, 1.54) is 0 Å². The van der Waals surface area contributed by atoms with Crippen molar-refractivity contribution in [3.8, 4) is 5.69 Å². The van der Waals surface area contributed by atoms with Crippen LogP contribution in [0.4, 0.5) is 32.0 Å². The third kappa shape index (κ3) is 6.09. The summed E-state index contributed by atoms with van der Waals surface area (Å²) in [6.45, 7) is 3.13. The molecule has 11 heteroatoms. The van der Waals surface area contributed by atoms with Gasteiger partial charge in [-0.2, -0.15) is 26.3 Å². The highest BCUT2D eigenvalue weighted by Gasteiger charge is 2.40. The Morgan fingerprint density at radius 3 is 2.09 bits per heavy atom. The molecule has 1 aromatic heterocycles. The first-order valence-electron chi connectivity index (χ1n) is 14.0. The van der Waals surface area contributed by atoms with Gasteiger partial charge in [0.1, 0.15) is 12.6 Å². The first-order chi connectivity index (χ1) is 20.8. The van der Waals surface area contributed by atoms with Gasteiger partial charge in [-0.3, -0.25) is 14.5 Å². The lowest BCUT2D eigenvalue weighted by Gasteiger charge is -2.39. The average Bonchev–Trinajstić information content (AvgIpc) is 3.47. The molecule has 1 atom stereocenters. The van der Waals surface area contributed by atoms with E-state index >= 15 is 0 Å². The second-order valence-corrected chi connectivity index (χ2v) is 10.7. The molecule has 2 amide bonds. The molecule has 0 bridgehead atoms. The predicted molar refractivity (Wildman–Crippen MR) is 154 cm³/mol. The summed E-state index contributed by atoms with van der Waals surface area (Å²) in [6, 6.07) is 18.7. The van der Waals surface area contributed by atoms with E-state index in [1.54, 1.807) is 17.0 Å². The minimum atomic E-state index is -5.12. The van der Waals surface area contributed by atoms with Crippen molar-refractivity contribution in [3.63, 3.8) is 0 Å². The number of alkyl halides is 6. The van der Waals surface area contributed by atoms with Gasteiger partial charge in [-0.1, -0.05) is 55.3 Å². The summed E-state index contributed by atoms with van der Waals surface area (Å²) in [5.74, 6) is -1.63. The van der Waals surface area contributed by atoms with Crippen LogP contribution in [0.15, 0.2) is 85.1 Å². The first-order valence-corrected chi connectivity index (χ1v) is 14.0. The Bertz CT molecular complexity index is 1660. The number of halogens is 6. The Balaban J connectivity index is 1.57. The molecule has 0 radical (unpaired) electrons. The van der Waals surface area contributed by atoms with Crippen LogP contribution < -0.4 is 4.90 Å². The van der Waals surface area contributed by atoms with Crippen LogP contribution in [0.5, 0.6) is 0 Å². The van der Waals surface area contributed by atoms with Crippen molar-refractivity contribution in [2.75, 3.05) is 18.0 Å². The maximum atomic E-state index is 14.3. The Morgan fingerprint density at radius 1 is 0.818 bits per heavy atom. The molecule has 230 valence electrons. The van der Waals surface area contributed by atoms with Gasteiger partial charge in [0, 0.05) is 18.3 Å². The van der Waals surface area contributed by atoms with Crippen molar-refractivity contribution in [2.24, 2.45) is 0 Å². The quantitative estimate of drug-likeness (QED) is 0.197. The van der Waals surface area contributed by atoms with Crippen molar-refractivity contribution in [1.29, 1.82) is 0 Å². The lowest BCUT2D eigenvalue weighted by atomic mass is 9.96. The highest BCUT2D eigenvalue weighted by atomic mass is 19.4. The SMILES string of the molecule is CCCCN(CC(=O)N1c2ccccc2-n2cccc2C1c1cccc(C)c1)C(=O)c1cc(C(F)(F)F)cc(C(F)(F)F)c1. The molecule has 3 aromatic carbocycles. The van der Waals surface area contributed by atoms with Gasteiger partial charge >= 0.3 is 12.4 Å². The molecule has 0 spiro atoms. The maximum Gasteiger partial charge on any atom is 0.416 e. The summed E-state index contributed by atoms with van der Waals surface area (Å²) in [4.78, 5) is 30.5. The molecule has 1 aliphatic heterocycles. The van der Waals surface area contributed by atoms with Crippen LogP contribution in [0.2, 0.25) is 0 Å². The molecule has 0 aliphatic carbocycles. The van der Waals surface area contributed by atoms with E-state index in [2.05, 4.69) is 0 Å². The number of benzene rings is 3. The summed E-state index contributed by atoms with van der Waals surface area (Å²) < 4.78 is 83.4. The normalized spacial score (nSPS) is 14.6. The average molecular weight is 614 g/mol. The van der Waals surface area contributed by atoms with E-state index in [0.717, 1.165) is 21.7 Å². The number of unbranched alkanes of at least 4 members (excludes halogenated alkanes) is 1. The summed E-state index contributed by atoms with van der Waals surface area (Å²) in [5, 5.41) is 0. The third-order valence-corrected chi connectivity index (χ3v) is 7.58. The second-order valence-electron chi connectivity index (χ2n) is 10.7. The second kappa shape index (κ2) is 11.9. The number of para-hydroxylation sites is 2. The van der Waals surface area contributed by atoms with Crippen LogP contribution in [0.1, 0.15) is 64.1 Å². The fourth-order valence-electron chi connectivity index (χ4n) is 5.52. The maximum absolute atomic E-state index is 14.3. The van der Waals surface area contributed by atoms with Gasteiger partial charge < -0.3 is 9.47 Å². The zero-order valence-corrected chi connectivity index (χ0v) is 23.9. The predicted octanol–water partition coefficient (Wildman–Crippen LogP) is 8.20. The number of anilines is 1. The first kappa shape index (κ1) is 30.9. The van der Waals surface area contributed by atoms with Crippen LogP contribution in [0.25, 0.3) is 5.69 Å². The molecule has 0 N–H and O–H groups in total. The molecule has 1 unspecified atom stereocenters. The summed E-state index contributed by atoms with van der Waals surface area (Å²) in [7, 11) is 0. The summed E-state index contributed by atoms with van der Waals surface area (Å²) in [5.41, 5.74) is -0.187. The molecule has 44 heavy (non-hydrogen) atoms. The number of amides is 2. The van der Waals surface area contributed by atoms with Crippen molar-refractivity contribution >= 4 is 17.5 Å². The van der Waals surface area contributed by atoms with Gasteiger partial charge in [-0.05, 0) is 61.4 Å². The van der Waals surface area contributed by atoms with E-state index in [9.17, 15) is 35.9 Å². The minimum Gasteiger partial charge on any atom is -0.329 e. The lowest BCUT2D eigenvalue weighted by Crippen LogP contribution is -2.47. The zero-order valence-electron chi connectivity index (χ0n) is 23.9. The molecule has 0 saturated heterocycles. The van der Waals surface area contributed by atoms with Crippen molar-refractivity contribution < 1.29 is 35.9 Å². The molecule has 4 aromatic rings. The van der Waals surface area contributed by atoms with Crippen LogP contribution in [0, 0.1) is 6.92 Å². The fraction of sp³-hybridized carbons (Fsp3) is 0.273. The molecule has 5 nitrogen and oxygen atoms in total. The molecule has 0 fully saturated rings. The number of aryl methyl sites for hydroxylation is 1. The number of fused-ring (bicyclic) bond motifs is 3. The van der Waals surface area contributed by atoms with Crippen LogP contribution in [0.3, 0.4) is 0 Å². The van der Waals surface area contributed by atoms with E-state index in [0.29, 0.717) is 36.3 Å². The monoisotopic (exact) mass is 613 g/mol. The van der Waals surface area contributed by atoms with Gasteiger partial charge in [-0.15, -0.1) is 0 Å². The van der Waals surface area contributed by atoms with E-state index in [4.69, 9.17) is 0 Å². The number of hydrogen-bond donors (Lipinski definition) is 0. The highest BCUT2D eigenvalue weighted by molar-refractivity contribution is 6.02. The summed E-state index contributed by atoms with van der Waals surface area (Å²) >= 11 is 0. The largest absolute Gasteiger partial charge is 0.416 e. The highest BCUT2D eigenvalue weighted by Crippen LogP contribution is 2.43. The molecular formula is C33H29F6N3O2. The van der Waals surface area contributed by atoms with E-state index < -0.39 is 53.4 Å². The van der Waals surface area contributed by atoms with Crippen LogP contribution in [-0.4, -0.2) is 34.4 Å². The minimum absolute atomic E-state index is 0.0233. The van der Waals surface area contributed by atoms with Crippen molar-refractivity contribution in [1.82, 2.24) is 9.47 Å². The Kier molecular flexibility index (Phi) is 8.33. The number of rotatable bonds is 7. The Labute approximate surface area is 250 Å². The molecular weight excluding hydrogens is 584 g/mol. The standard InChI is InChI=1S/C33H29F6N3O2/c1-3-4-14-40(31(44)23-17-24(32(34,35)36)19-25(18-23)33(37,38)39)20-29(43)42-27-12-6-5-11-26(27)41-15-8-13-28(41)30(42)22-10-7-9-21(2)16-22/h5-13,15-19,30H,3-4,14,20H2,1-2H3. The number of aromatic nitrogens is 1. The smallest absolute Gasteiger partial charge is 0.329 e. The topological polar surface area (TPSA) is 45.6 Å². The van der Waals surface area contributed by atoms with Gasteiger partial charge in [0.2, 0.25) is 5.91 Å². The van der Waals surface area contributed by atoms with Crippen LogP contribution in [-0.2, 0) is 17.1 Å². The van der Waals surface area contributed by atoms with Gasteiger partial charge in [0.25, 0.3) is 5.91 Å². The molecule has 1 aliphatic rings. The number of carbonyl (C=O) groups is 2. The van der Waals surface area contributed by atoms with E-state index in [-0.39, 0.29) is 12.6 Å². The molecule has 2 heterocycles. The van der Waals surface area contributed by atoms with Gasteiger partial charge in [0.05, 0.1) is 28.2 Å². The van der Waals surface area contributed by atoms with E-state index in [1.807, 2.05) is 73.1 Å². The van der Waals surface area contributed by atoms with Gasteiger partial charge in [-0.25, -0.2) is 0 Å². The van der Waals surface area contributed by atoms with Gasteiger partial charge in [0.15, 0.2) is 0 Å². The summed E-state index contributed by atoms with van der Waals surface area (Å²) in [6.07, 6.45) is -7.41. The Hall–Kier alpha value is -4.54. The van der Waals surface area contributed by atoms with Crippen molar-refractivity contribution in [2.45, 2.75) is 45.1 Å². The third-order valence-electron chi connectivity index (χ3n) is 7.58. The number of nitrogens with zero attached hydrogens (tertiary/aromatic N) is 3. The van der Waals surface area contributed by atoms with Crippen LogP contribution >= 0.6 is 0 Å². The zero-order chi connectivity index (χ0) is 31.8. The lowest BCUT2D eigenvalue weighted by molar-refractivity contribution is -0.143.